The molecule has 0 unspecified atom stereocenters. The quantitative estimate of drug-likeness (QED) is 0.482. The van der Waals surface area contributed by atoms with Gasteiger partial charge in [0.2, 0.25) is 0 Å². The zero-order chi connectivity index (χ0) is 15.8. The summed E-state index contributed by atoms with van der Waals surface area (Å²) in [5, 5.41) is 0. The summed E-state index contributed by atoms with van der Waals surface area (Å²) < 4.78 is 21.2. The molecule has 0 saturated carbocycles. The molecule has 0 aromatic carbocycles. The molecule has 0 aliphatic carbocycles. The Hall–Kier alpha value is -1.07. The summed E-state index contributed by atoms with van der Waals surface area (Å²) in [7, 11) is 3.17. The lowest BCUT2D eigenvalue weighted by Gasteiger charge is -2.24. The molecule has 0 spiro atoms. The second-order valence-electron chi connectivity index (χ2n) is 5.75. The number of ether oxygens (including phenoxy) is 4. The minimum Gasteiger partial charge on any atom is -0.496 e. The Kier molecular flexibility index (Phi) is 8.49. The highest BCUT2D eigenvalue weighted by Gasteiger charge is 2.23. The van der Waals surface area contributed by atoms with Crippen molar-refractivity contribution in [2.45, 2.75) is 58.3 Å². The lowest BCUT2D eigenvalue weighted by molar-refractivity contribution is -0.158. The minimum absolute atomic E-state index is 0.154. The predicted octanol–water partition coefficient (Wildman–Crippen LogP) is 2.69. The van der Waals surface area contributed by atoms with E-state index in [0.29, 0.717) is 18.8 Å². The third kappa shape index (κ3) is 9.81. The minimum atomic E-state index is -0.487. The molecule has 0 rings (SSSR count). The van der Waals surface area contributed by atoms with E-state index in [1.54, 1.807) is 21.1 Å². The van der Waals surface area contributed by atoms with Crippen molar-refractivity contribution in [3.63, 3.8) is 0 Å². The fourth-order valence-corrected chi connectivity index (χ4v) is 1.59. The first kappa shape index (κ1) is 18.9. The van der Waals surface area contributed by atoms with Gasteiger partial charge in [-0.3, -0.25) is 4.79 Å². The van der Waals surface area contributed by atoms with Gasteiger partial charge in [-0.05, 0) is 27.7 Å². The first-order valence-corrected chi connectivity index (χ1v) is 6.73. The Morgan fingerprint density at radius 1 is 1.15 bits per heavy atom. The number of rotatable bonds is 9. The Balaban J connectivity index is 4.30. The molecule has 0 fully saturated rings. The number of esters is 1. The highest BCUT2D eigenvalue weighted by Crippen LogP contribution is 2.14. The Morgan fingerprint density at radius 3 is 2.10 bits per heavy atom. The molecule has 5 heteroatoms. The number of methoxy groups -OCH3 is 2. The maximum absolute atomic E-state index is 11.8. The first-order valence-electron chi connectivity index (χ1n) is 6.73. The molecule has 2 atom stereocenters. The van der Waals surface area contributed by atoms with Crippen LogP contribution in [0.1, 0.15) is 40.5 Å². The summed E-state index contributed by atoms with van der Waals surface area (Å²) in [5.74, 6) is 0.355. The van der Waals surface area contributed by atoms with Crippen molar-refractivity contribution in [2.75, 3.05) is 20.8 Å². The van der Waals surface area contributed by atoms with Gasteiger partial charge in [0, 0.05) is 20.6 Å². The summed E-state index contributed by atoms with van der Waals surface area (Å²) in [6, 6.07) is 0. The van der Waals surface area contributed by atoms with Crippen LogP contribution in [0.25, 0.3) is 0 Å². The van der Waals surface area contributed by atoms with Gasteiger partial charge >= 0.3 is 5.97 Å². The lowest BCUT2D eigenvalue weighted by atomic mass is 10.1. The van der Waals surface area contributed by atoms with E-state index in [9.17, 15) is 4.79 Å². The van der Waals surface area contributed by atoms with Crippen molar-refractivity contribution in [1.82, 2.24) is 0 Å². The van der Waals surface area contributed by atoms with Crippen LogP contribution in [0.3, 0.4) is 0 Å². The van der Waals surface area contributed by atoms with Crippen LogP contribution in [0.15, 0.2) is 12.3 Å². The first-order chi connectivity index (χ1) is 9.17. The van der Waals surface area contributed by atoms with Crippen molar-refractivity contribution in [3.05, 3.63) is 12.3 Å². The second kappa shape index (κ2) is 8.97. The molecule has 0 aliphatic heterocycles. The predicted molar refractivity (Wildman–Crippen MR) is 77.4 cm³/mol. The average molecular weight is 288 g/mol. The van der Waals surface area contributed by atoms with Gasteiger partial charge in [-0.2, -0.15) is 0 Å². The number of hydrogen-bond acceptors (Lipinski definition) is 5. The average Bonchev–Trinajstić information content (AvgIpc) is 2.30. The van der Waals surface area contributed by atoms with Crippen LogP contribution >= 0.6 is 0 Å². The van der Waals surface area contributed by atoms with Gasteiger partial charge in [0.05, 0.1) is 24.4 Å². The van der Waals surface area contributed by atoms with E-state index >= 15 is 0 Å². The lowest BCUT2D eigenvalue weighted by Crippen LogP contribution is -2.30. The topological polar surface area (TPSA) is 54.0 Å². The molecule has 20 heavy (non-hydrogen) atoms. The number of carbonyl (C=O) groups is 1. The van der Waals surface area contributed by atoms with Crippen LogP contribution in [0, 0.1) is 0 Å². The molecule has 0 N–H and O–H groups in total. The summed E-state index contributed by atoms with van der Waals surface area (Å²) in [6.07, 6.45) is 0.336. The molecule has 0 amide bonds. The van der Waals surface area contributed by atoms with Crippen LogP contribution in [0.5, 0.6) is 0 Å². The van der Waals surface area contributed by atoms with Gasteiger partial charge in [-0.25, -0.2) is 0 Å². The molecule has 0 saturated heterocycles. The molecule has 0 radical (unpaired) electrons. The maximum atomic E-state index is 11.8. The number of allylic oxidation sites excluding steroid dienone is 1. The van der Waals surface area contributed by atoms with Crippen LogP contribution in [0.4, 0.5) is 0 Å². The molecular weight excluding hydrogens is 260 g/mol. The van der Waals surface area contributed by atoms with Crippen molar-refractivity contribution in [3.8, 4) is 0 Å². The van der Waals surface area contributed by atoms with E-state index in [4.69, 9.17) is 18.9 Å². The van der Waals surface area contributed by atoms with Crippen LogP contribution < -0.4 is 0 Å². The summed E-state index contributed by atoms with van der Waals surface area (Å²) in [5.41, 5.74) is -0.487. The van der Waals surface area contributed by atoms with Gasteiger partial charge in [-0.15, -0.1) is 0 Å². The normalized spacial score (nSPS) is 14.5. The molecule has 118 valence electrons. The molecular formula is C15H28O5. The zero-order valence-electron chi connectivity index (χ0n) is 13.5. The van der Waals surface area contributed by atoms with Crippen LogP contribution in [-0.2, 0) is 23.7 Å². The van der Waals surface area contributed by atoms with Crippen LogP contribution in [0.2, 0.25) is 0 Å². The SMILES string of the molecule is C=C(C)OC[C@H](C[C@H](CC(=O)OC(C)(C)C)OC)OC. The van der Waals surface area contributed by atoms with Gasteiger partial charge < -0.3 is 18.9 Å². The van der Waals surface area contributed by atoms with E-state index in [-0.39, 0.29) is 24.6 Å². The third-order valence-electron chi connectivity index (χ3n) is 2.52. The van der Waals surface area contributed by atoms with E-state index < -0.39 is 5.60 Å². The molecule has 0 bridgehead atoms. The summed E-state index contributed by atoms with van der Waals surface area (Å²) in [4.78, 5) is 11.8. The highest BCUT2D eigenvalue weighted by atomic mass is 16.6. The summed E-state index contributed by atoms with van der Waals surface area (Å²) >= 11 is 0. The van der Waals surface area contributed by atoms with Gasteiger partial charge in [0.15, 0.2) is 0 Å². The number of carbonyl (C=O) groups excluding carboxylic acids is 1. The Bertz CT molecular complexity index is 306. The zero-order valence-corrected chi connectivity index (χ0v) is 13.5. The monoisotopic (exact) mass is 288 g/mol. The molecule has 0 aliphatic rings. The smallest absolute Gasteiger partial charge is 0.308 e. The third-order valence-corrected chi connectivity index (χ3v) is 2.52. The standard InChI is InChI=1S/C15H28O5/c1-11(2)19-10-13(18-7)8-12(17-6)9-14(16)20-15(3,4)5/h12-13H,1,8-10H2,2-7H3/t12-,13+/m1/s1. The molecule has 0 aromatic heterocycles. The Labute approximate surface area is 122 Å². The Morgan fingerprint density at radius 2 is 1.70 bits per heavy atom. The van der Waals surface area contributed by atoms with Crippen molar-refractivity contribution in [1.29, 1.82) is 0 Å². The second-order valence-corrected chi connectivity index (χ2v) is 5.75. The molecule has 5 nitrogen and oxygen atoms in total. The van der Waals surface area contributed by atoms with Gasteiger partial charge in [0.25, 0.3) is 0 Å². The maximum Gasteiger partial charge on any atom is 0.308 e. The van der Waals surface area contributed by atoms with E-state index in [1.165, 1.54) is 0 Å². The van der Waals surface area contributed by atoms with Gasteiger partial charge in [0.1, 0.15) is 12.2 Å². The van der Waals surface area contributed by atoms with Crippen molar-refractivity contribution in [2.24, 2.45) is 0 Å². The molecule has 0 heterocycles. The van der Waals surface area contributed by atoms with E-state index in [0.717, 1.165) is 0 Å². The highest BCUT2D eigenvalue weighted by molar-refractivity contribution is 5.70. The van der Waals surface area contributed by atoms with Crippen molar-refractivity contribution >= 4 is 5.97 Å². The number of hydrogen-bond donors (Lipinski definition) is 0. The van der Waals surface area contributed by atoms with Crippen LogP contribution in [-0.4, -0.2) is 44.6 Å². The van der Waals surface area contributed by atoms with Crippen molar-refractivity contribution < 1.29 is 23.7 Å². The largest absolute Gasteiger partial charge is 0.496 e. The molecule has 0 aromatic rings. The summed E-state index contributed by atoms with van der Waals surface area (Å²) in [6.45, 7) is 11.4. The van der Waals surface area contributed by atoms with Gasteiger partial charge in [-0.1, -0.05) is 6.58 Å². The van der Waals surface area contributed by atoms with E-state index in [1.807, 2.05) is 20.8 Å². The fraction of sp³-hybridized carbons (Fsp3) is 0.800. The van der Waals surface area contributed by atoms with E-state index in [2.05, 4.69) is 6.58 Å². The fourth-order valence-electron chi connectivity index (χ4n) is 1.59.